The summed E-state index contributed by atoms with van der Waals surface area (Å²) in [6.45, 7) is 6.31. The maximum atomic E-state index is 11.0. The first-order valence-electron chi connectivity index (χ1n) is 5.77. The highest BCUT2D eigenvalue weighted by molar-refractivity contribution is 6.32. The molecule has 0 N–H and O–H groups in total. The van der Waals surface area contributed by atoms with Crippen molar-refractivity contribution in [3.8, 4) is 5.75 Å². The second-order valence-electron chi connectivity index (χ2n) is 3.84. The standard InChI is InChI=1S/C14H17ClO3/c1-4-17-13(16)6-5-7-18-12-8-10(2)14(15)11(3)9-12/h5-6,8-9H,4,7H2,1-3H3/b6-5+. The second kappa shape index (κ2) is 7.07. The molecule has 0 aliphatic heterocycles. The van der Waals surface area contributed by atoms with Gasteiger partial charge in [-0.2, -0.15) is 0 Å². The lowest BCUT2D eigenvalue weighted by molar-refractivity contribution is -0.137. The van der Waals surface area contributed by atoms with Crippen LogP contribution >= 0.6 is 11.6 Å². The van der Waals surface area contributed by atoms with Crippen LogP contribution in [0, 0.1) is 13.8 Å². The molecule has 4 heteroatoms. The molecule has 0 saturated heterocycles. The summed E-state index contributed by atoms with van der Waals surface area (Å²) in [4.78, 5) is 11.0. The van der Waals surface area contributed by atoms with Gasteiger partial charge in [0.2, 0.25) is 0 Å². The van der Waals surface area contributed by atoms with Gasteiger partial charge in [0.05, 0.1) is 6.61 Å². The Balaban J connectivity index is 2.52. The molecule has 1 aromatic rings. The van der Waals surface area contributed by atoms with Gasteiger partial charge in [0.25, 0.3) is 0 Å². The Kier molecular flexibility index (Phi) is 5.72. The van der Waals surface area contributed by atoms with Crippen LogP contribution in [0.15, 0.2) is 24.3 Å². The van der Waals surface area contributed by atoms with Gasteiger partial charge in [0.1, 0.15) is 12.4 Å². The number of ether oxygens (including phenoxy) is 2. The molecule has 0 fully saturated rings. The number of hydrogen-bond acceptors (Lipinski definition) is 3. The predicted molar refractivity (Wildman–Crippen MR) is 72.2 cm³/mol. The number of benzene rings is 1. The smallest absolute Gasteiger partial charge is 0.330 e. The molecule has 3 nitrogen and oxygen atoms in total. The van der Waals surface area contributed by atoms with Crippen molar-refractivity contribution in [3.05, 3.63) is 40.4 Å². The first-order valence-corrected chi connectivity index (χ1v) is 6.15. The van der Waals surface area contributed by atoms with Crippen molar-refractivity contribution in [2.75, 3.05) is 13.2 Å². The van der Waals surface area contributed by atoms with Crippen LogP contribution in [-0.2, 0) is 9.53 Å². The highest BCUT2D eigenvalue weighted by Crippen LogP contribution is 2.25. The summed E-state index contributed by atoms with van der Waals surface area (Å²) >= 11 is 6.06. The Bertz CT molecular complexity index is 429. The molecular weight excluding hydrogens is 252 g/mol. The van der Waals surface area contributed by atoms with E-state index in [1.54, 1.807) is 13.0 Å². The lowest BCUT2D eigenvalue weighted by Crippen LogP contribution is -2.01. The van der Waals surface area contributed by atoms with Gasteiger partial charge in [0, 0.05) is 11.1 Å². The molecule has 0 aliphatic rings. The highest BCUT2D eigenvalue weighted by atomic mass is 35.5. The maximum absolute atomic E-state index is 11.0. The van der Waals surface area contributed by atoms with Crippen molar-refractivity contribution < 1.29 is 14.3 Å². The van der Waals surface area contributed by atoms with E-state index >= 15 is 0 Å². The number of hydrogen-bond donors (Lipinski definition) is 0. The summed E-state index contributed by atoms with van der Waals surface area (Å²) in [6, 6.07) is 3.74. The summed E-state index contributed by atoms with van der Waals surface area (Å²) in [5.41, 5.74) is 1.95. The van der Waals surface area contributed by atoms with Gasteiger partial charge in [0.15, 0.2) is 0 Å². The van der Waals surface area contributed by atoms with Gasteiger partial charge in [-0.25, -0.2) is 4.79 Å². The summed E-state index contributed by atoms with van der Waals surface area (Å²) < 4.78 is 10.2. The fraction of sp³-hybridized carbons (Fsp3) is 0.357. The summed E-state index contributed by atoms with van der Waals surface area (Å²) in [6.07, 6.45) is 2.98. The molecule has 0 unspecified atom stereocenters. The van der Waals surface area contributed by atoms with Crippen LogP contribution in [0.1, 0.15) is 18.1 Å². The van der Waals surface area contributed by atoms with Crippen molar-refractivity contribution in [2.24, 2.45) is 0 Å². The van der Waals surface area contributed by atoms with Gasteiger partial charge < -0.3 is 9.47 Å². The Morgan fingerprint density at radius 2 is 1.94 bits per heavy atom. The number of rotatable bonds is 5. The zero-order valence-electron chi connectivity index (χ0n) is 10.8. The lowest BCUT2D eigenvalue weighted by Gasteiger charge is -2.08. The Morgan fingerprint density at radius 3 is 2.50 bits per heavy atom. The predicted octanol–water partition coefficient (Wildman–Crippen LogP) is 3.45. The molecule has 0 bridgehead atoms. The molecule has 0 spiro atoms. The number of carbonyl (C=O) groups excluding carboxylic acids is 1. The van der Waals surface area contributed by atoms with Crippen molar-refractivity contribution in [1.82, 2.24) is 0 Å². The summed E-state index contributed by atoms with van der Waals surface area (Å²) in [7, 11) is 0. The van der Waals surface area contributed by atoms with Gasteiger partial charge >= 0.3 is 5.97 Å². The zero-order chi connectivity index (χ0) is 13.5. The molecule has 0 radical (unpaired) electrons. The van der Waals surface area contributed by atoms with E-state index in [2.05, 4.69) is 0 Å². The maximum Gasteiger partial charge on any atom is 0.330 e. The van der Waals surface area contributed by atoms with Gasteiger partial charge in [-0.3, -0.25) is 0 Å². The average Bonchev–Trinajstić information content (AvgIpc) is 2.32. The minimum atomic E-state index is -0.357. The Labute approximate surface area is 112 Å². The minimum absolute atomic E-state index is 0.319. The van der Waals surface area contributed by atoms with Crippen LogP contribution in [0.3, 0.4) is 0 Å². The SMILES string of the molecule is CCOC(=O)/C=C/COc1cc(C)c(Cl)c(C)c1. The third-order valence-electron chi connectivity index (χ3n) is 2.30. The Hall–Kier alpha value is -1.48. The number of esters is 1. The monoisotopic (exact) mass is 268 g/mol. The van der Waals surface area contributed by atoms with Crippen LogP contribution in [0.4, 0.5) is 0 Å². The average molecular weight is 269 g/mol. The number of halogens is 1. The molecule has 1 aromatic carbocycles. The molecule has 0 aliphatic carbocycles. The van der Waals surface area contributed by atoms with E-state index in [9.17, 15) is 4.79 Å². The van der Waals surface area contributed by atoms with Crippen LogP contribution in [0.2, 0.25) is 5.02 Å². The molecule has 0 heterocycles. The zero-order valence-corrected chi connectivity index (χ0v) is 11.6. The van der Waals surface area contributed by atoms with Gasteiger partial charge in [-0.1, -0.05) is 11.6 Å². The van der Waals surface area contributed by atoms with Crippen LogP contribution in [-0.4, -0.2) is 19.2 Å². The Morgan fingerprint density at radius 1 is 1.33 bits per heavy atom. The van der Waals surface area contributed by atoms with Gasteiger partial charge in [-0.15, -0.1) is 0 Å². The third kappa shape index (κ3) is 4.41. The van der Waals surface area contributed by atoms with E-state index in [4.69, 9.17) is 21.1 Å². The first kappa shape index (κ1) is 14.6. The quantitative estimate of drug-likeness (QED) is 0.606. The van der Waals surface area contributed by atoms with Crippen molar-refractivity contribution in [3.63, 3.8) is 0 Å². The molecule has 1 rings (SSSR count). The normalized spacial score (nSPS) is 10.7. The van der Waals surface area contributed by atoms with E-state index in [1.165, 1.54) is 6.08 Å². The van der Waals surface area contributed by atoms with Crippen LogP contribution in [0.5, 0.6) is 5.75 Å². The van der Waals surface area contributed by atoms with E-state index in [0.29, 0.717) is 13.2 Å². The topological polar surface area (TPSA) is 35.5 Å². The van der Waals surface area contributed by atoms with E-state index in [-0.39, 0.29) is 5.97 Å². The minimum Gasteiger partial charge on any atom is -0.490 e. The molecule has 0 saturated carbocycles. The molecule has 98 valence electrons. The van der Waals surface area contributed by atoms with Crippen molar-refractivity contribution in [2.45, 2.75) is 20.8 Å². The molecule has 0 amide bonds. The summed E-state index contributed by atoms with van der Waals surface area (Å²) in [5, 5.41) is 0.754. The largest absolute Gasteiger partial charge is 0.490 e. The van der Waals surface area contributed by atoms with Crippen LogP contribution in [0.25, 0.3) is 0 Å². The van der Waals surface area contributed by atoms with Crippen molar-refractivity contribution in [1.29, 1.82) is 0 Å². The molecular formula is C14H17ClO3. The lowest BCUT2D eigenvalue weighted by atomic mass is 10.1. The fourth-order valence-electron chi connectivity index (χ4n) is 1.47. The fourth-order valence-corrected chi connectivity index (χ4v) is 1.58. The molecule has 0 atom stereocenters. The van der Waals surface area contributed by atoms with Crippen LogP contribution < -0.4 is 4.74 Å². The number of aryl methyl sites for hydroxylation is 2. The third-order valence-corrected chi connectivity index (χ3v) is 2.89. The second-order valence-corrected chi connectivity index (χ2v) is 4.21. The molecule has 0 aromatic heterocycles. The van der Waals surface area contributed by atoms with E-state index in [1.807, 2.05) is 26.0 Å². The van der Waals surface area contributed by atoms with E-state index in [0.717, 1.165) is 21.9 Å². The van der Waals surface area contributed by atoms with Crippen molar-refractivity contribution >= 4 is 17.6 Å². The molecule has 18 heavy (non-hydrogen) atoms. The van der Waals surface area contributed by atoms with Gasteiger partial charge in [-0.05, 0) is 50.1 Å². The van der Waals surface area contributed by atoms with E-state index < -0.39 is 0 Å². The summed E-state index contributed by atoms with van der Waals surface area (Å²) in [5.74, 6) is 0.382. The highest BCUT2D eigenvalue weighted by Gasteiger charge is 2.02. The number of carbonyl (C=O) groups is 1. The first-order chi connectivity index (χ1) is 8.54.